The molecule has 1 aromatic rings. The lowest BCUT2D eigenvalue weighted by molar-refractivity contribution is -0.139. The number of hydrogen-bond donors (Lipinski definition) is 1. The zero-order valence-corrected chi connectivity index (χ0v) is 14.6. The van der Waals surface area contributed by atoms with Crippen molar-refractivity contribution in [3.8, 4) is 0 Å². The van der Waals surface area contributed by atoms with E-state index in [1.165, 1.54) is 0 Å². The largest absolute Gasteiger partial charge is 0.416 e. The second-order valence-electron chi connectivity index (χ2n) is 6.32. The SMILES string of the molecule is CCCC(C)[C@H](c1c(C(F)(F)F)ccc(Cl)c1F)N1CCNCC1. The first-order valence-corrected chi connectivity index (χ1v) is 8.65. The van der Waals surface area contributed by atoms with Gasteiger partial charge in [-0.15, -0.1) is 0 Å². The summed E-state index contributed by atoms with van der Waals surface area (Å²) < 4.78 is 55.2. The van der Waals surface area contributed by atoms with Crippen LogP contribution >= 0.6 is 11.6 Å². The van der Waals surface area contributed by atoms with E-state index in [4.69, 9.17) is 11.6 Å². The third-order valence-electron chi connectivity index (χ3n) is 4.56. The van der Waals surface area contributed by atoms with Crippen LogP contribution in [0.5, 0.6) is 0 Å². The molecule has 7 heteroatoms. The lowest BCUT2D eigenvalue weighted by atomic mass is 9.86. The molecule has 2 rings (SSSR count). The first-order valence-electron chi connectivity index (χ1n) is 8.27. The number of benzene rings is 1. The van der Waals surface area contributed by atoms with Crippen molar-refractivity contribution in [1.82, 2.24) is 10.2 Å². The maximum atomic E-state index is 14.7. The van der Waals surface area contributed by atoms with Gasteiger partial charge in [0, 0.05) is 37.8 Å². The van der Waals surface area contributed by atoms with Crippen molar-refractivity contribution in [3.05, 3.63) is 34.1 Å². The number of piperazine rings is 1. The van der Waals surface area contributed by atoms with Gasteiger partial charge < -0.3 is 5.32 Å². The Labute approximate surface area is 145 Å². The molecular weight excluding hydrogens is 344 g/mol. The fraction of sp³-hybridized carbons (Fsp3) is 0.647. The smallest absolute Gasteiger partial charge is 0.314 e. The molecule has 1 N–H and O–H groups in total. The Morgan fingerprint density at radius 1 is 1.25 bits per heavy atom. The fourth-order valence-electron chi connectivity index (χ4n) is 3.50. The summed E-state index contributed by atoms with van der Waals surface area (Å²) in [6, 6.07) is 1.25. The summed E-state index contributed by atoms with van der Waals surface area (Å²) in [5.74, 6) is -1.06. The second kappa shape index (κ2) is 8.02. The Hall–Kier alpha value is -0.850. The Morgan fingerprint density at radius 2 is 1.88 bits per heavy atom. The monoisotopic (exact) mass is 366 g/mol. The minimum Gasteiger partial charge on any atom is -0.314 e. The van der Waals surface area contributed by atoms with Crippen LogP contribution in [0.4, 0.5) is 17.6 Å². The van der Waals surface area contributed by atoms with Gasteiger partial charge in [0.05, 0.1) is 10.6 Å². The van der Waals surface area contributed by atoms with Crippen LogP contribution in [0.15, 0.2) is 12.1 Å². The Morgan fingerprint density at radius 3 is 2.42 bits per heavy atom. The zero-order chi connectivity index (χ0) is 17.9. The Balaban J connectivity index is 2.57. The van der Waals surface area contributed by atoms with E-state index < -0.39 is 23.6 Å². The predicted octanol–water partition coefficient (Wildman–Crippen LogP) is 4.88. The molecular formula is C17H23ClF4N2. The molecule has 0 aliphatic carbocycles. The molecule has 1 aliphatic heterocycles. The molecule has 0 radical (unpaired) electrons. The second-order valence-corrected chi connectivity index (χ2v) is 6.72. The van der Waals surface area contributed by atoms with Crippen LogP contribution in [0.2, 0.25) is 5.02 Å². The maximum absolute atomic E-state index is 14.7. The van der Waals surface area contributed by atoms with Crippen LogP contribution in [0.3, 0.4) is 0 Å². The lowest BCUT2D eigenvalue weighted by Gasteiger charge is -2.39. The highest BCUT2D eigenvalue weighted by Crippen LogP contribution is 2.43. The van der Waals surface area contributed by atoms with E-state index >= 15 is 0 Å². The number of nitrogens with zero attached hydrogens (tertiary/aromatic N) is 1. The predicted molar refractivity (Wildman–Crippen MR) is 87.7 cm³/mol. The van der Waals surface area contributed by atoms with E-state index in [9.17, 15) is 17.6 Å². The number of hydrogen-bond acceptors (Lipinski definition) is 2. The summed E-state index contributed by atoms with van der Waals surface area (Å²) in [6.45, 7) is 6.39. The van der Waals surface area contributed by atoms with Gasteiger partial charge in [0.1, 0.15) is 5.82 Å². The molecule has 1 aromatic carbocycles. The zero-order valence-electron chi connectivity index (χ0n) is 13.9. The average Bonchev–Trinajstić information content (AvgIpc) is 2.52. The third-order valence-corrected chi connectivity index (χ3v) is 4.85. The topological polar surface area (TPSA) is 15.3 Å². The van der Waals surface area contributed by atoms with Crippen LogP contribution < -0.4 is 5.32 Å². The summed E-state index contributed by atoms with van der Waals surface area (Å²) >= 11 is 5.83. The van der Waals surface area contributed by atoms with Gasteiger partial charge in [-0.1, -0.05) is 31.9 Å². The van der Waals surface area contributed by atoms with E-state index in [1.54, 1.807) is 0 Å². The van der Waals surface area contributed by atoms with Gasteiger partial charge >= 0.3 is 6.18 Å². The number of rotatable bonds is 5. The third kappa shape index (κ3) is 4.21. The average molecular weight is 367 g/mol. The fourth-order valence-corrected chi connectivity index (χ4v) is 3.67. The molecule has 0 spiro atoms. The molecule has 1 saturated heterocycles. The highest BCUT2D eigenvalue weighted by Gasteiger charge is 2.40. The van der Waals surface area contributed by atoms with Crippen molar-refractivity contribution >= 4 is 11.6 Å². The van der Waals surface area contributed by atoms with E-state index in [0.717, 1.165) is 25.0 Å². The molecule has 2 atom stereocenters. The van der Waals surface area contributed by atoms with Gasteiger partial charge in [0.15, 0.2) is 0 Å². The summed E-state index contributed by atoms with van der Waals surface area (Å²) in [4.78, 5) is 1.95. The highest BCUT2D eigenvalue weighted by molar-refractivity contribution is 6.30. The van der Waals surface area contributed by atoms with Crippen molar-refractivity contribution in [2.45, 2.75) is 38.9 Å². The molecule has 136 valence electrons. The maximum Gasteiger partial charge on any atom is 0.416 e. The summed E-state index contributed by atoms with van der Waals surface area (Å²) in [6.07, 6.45) is -3.07. The van der Waals surface area contributed by atoms with Gasteiger partial charge in [-0.25, -0.2) is 4.39 Å². The van der Waals surface area contributed by atoms with Crippen LogP contribution in [0, 0.1) is 11.7 Å². The molecule has 1 heterocycles. The van der Waals surface area contributed by atoms with E-state index in [1.807, 2.05) is 18.7 Å². The van der Waals surface area contributed by atoms with E-state index in [-0.39, 0.29) is 16.5 Å². The van der Waals surface area contributed by atoms with Crippen molar-refractivity contribution in [2.24, 2.45) is 5.92 Å². The molecule has 0 amide bonds. The van der Waals surface area contributed by atoms with E-state index in [0.29, 0.717) is 26.2 Å². The van der Waals surface area contributed by atoms with Crippen LogP contribution in [0.25, 0.3) is 0 Å². The van der Waals surface area contributed by atoms with Gasteiger partial charge in [-0.2, -0.15) is 13.2 Å². The molecule has 0 aromatic heterocycles. The minimum atomic E-state index is -4.61. The molecule has 1 unspecified atom stereocenters. The summed E-state index contributed by atoms with van der Waals surface area (Å²) in [5.41, 5.74) is -1.23. The normalized spacial score (nSPS) is 19.3. The Kier molecular flexibility index (Phi) is 6.51. The van der Waals surface area contributed by atoms with Gasteiger partial charge in [0.2, 0.25) is 0 Å². The molecule has 24 heavy (non-hydrogen) atoms. The van der Waals surface area contributed by atoms with Crippen molar-refractivity contribution < 1.29 is 17.6 Å². The van der Waals surface area contributed by atoms with Gasteiger partial charge in [-0.05, 0) is 24.5 Å². The van der Waals surface area contributed by atoms with Gasteiger partial charge in [0.25, 0.3) is 0 Å². The van der Waals surface area contributed by atoms with E-state index in [2.05, 4.69) is 5.32 Å². The molecule has 2 nitrogen and oxygen atoms in total. The number of nitrogens with one attached hydrogen (secondary N) is 1. The number of alkyl halides is 3. The van der Waals surface area contributed by atoms with Crippen molar-refractivity contribution in [3.63, 3.8) is 0 Å². The van der Waals surface area contributed by atoms with Gasteiger partial charge in [-0.3, -0.25) is 4.90 Å². The summed E-state index contributed by atoms with van der Waals surface area (Å²) in [7, 11) is 0. The molecule has 0 bridgehead atoms. The van der Waals surface area contributed by atoms with Crippen LogP contribution in [0.1, 0.15) is 43.9 Å². The quantitative estimate of drug-likeness (QED) is 0.747. The van der Waals surface area contributed by atoms with Crippen molar-refractivity contribution in [1.29, 1.82) is 0 Å². The standard InChI is InChI=1S/C17H23ClF4N2/c1-3-4-11(2)16(24-9-7-23-8-10-24)14-12(17(20,21)22)5-6-13(18)15(14)19/h5-6,11,16,23H,3-4,7-10H2,1-2H3/t11?,16-/m1/s1. The molecule has 0 saturated carbocycles. The van der Waals surface area contributed by atoms with Crippen LogP contribution in [-0.4, -0.2) is 31.1 Å². The first-order chi connectivity index (χ1) is 11.3. The lowest BCUT2D eigenvalue weighted by Crippen LogP contribution is -2.47. The minimum absolute atomic E-state index is 0.109. The van der Waals surface area contributed by atoms with Crippen LogP contribution in [-0.2, 0) is 6.18 Å². The highest BCUT2D eigenvalue weighted by atomic mass is 35.5. The van der Waals surface area contributed by atoms with Crippen molar-refractivity contribution in [2.75, 3.05) is 26.2 Å². The first kappa shape index (κ1) is 19.5. The molecule has 1 fully saturated rings. The number of halogens is 5. The summed E-state index contributed by atoms with van der Waals surface area (Å²) in [5, 5.41) is 2.92. The molecule has 1 aliphatic rings. The Bertz CT molecular complexity index is 556.